The average Bonchev–Trinajstić information content (AvgIpc) is 2.98. The number of hydrogen-bond donors (Lipinski definition) is 1. The summed E-state index contributed by atoms with van der Waals surface area (Å²) in [5.74, 6) is 0.812. The Kier molecular flexibility index (Phi) is 5.64. The van der Waals surface area contributed by atoms with Crippen LogP contribution in [0.5, 0.6) is 5.75 Å². The van der Waals surface area contributed by atoms with Crippen LogP contribution in [0.25, 0.3) is 0 Å². The summed E-state index contributed by atoms with van der Waals surface area (Å²) in [5.41, 5.74) is 0. The van der Waals surface area contributed by atoms with Gasteiger partial charge in [0.25, 0.3) is 0 Å². The van der Waals surface area contributed by atoms with E-state index >= 15 is 0 Å². The number of nitrogens with one attached hydrogen (secondary N) is 1. The fourth-order valence-corrected chi connectivity index (χ4v) is 1.78. The molecule has 1 aromatic carbocycles. The van der Waals surface area contributed by atoms with Gasteiger partial charge >= 0.3 is 0 Å². The van der Waals surface area contributed by atoms with Crippen LogP contribution in [0, 0.1) is 0 Å². The number of para-hydroxylation sites is 1. The molecule has 0 unspecified atom stereocenters. The van der Waals surface area contributed by atoms with E-state index in [4.69, 9.17) is 4.74 Å². The second-order valence-corrected chi connectivity index (χ2v) is 4.42. The lowest BCUT2D eigenvalue weighted by atomic mass is 10.3. The van der Waals surface area contributed by atoms with Gasteiger partial charge in [0.1, 0.15) is 5.75 Å². The molecule has 1 amide bonds. The molecule has 0 radical (unpaired) electrons. The van der Waals surface area contributed by atoms with Gasteiger partial charge in [-0.05, 0) is 18.6 Å². The van der Waals surface area contributed by atoms with E-state index in [2.05, 4.69) is 10.3 Å². The van der Waals surface area contributed by atoms with E-state index < -0.39 is 0 Å². The van der Waals surface area contributed by atoms with Crippen LogP contribution in [0.3, 0.4) is 0 Å². The Hall–Kier alpha value is -2.30. The maximum absolute atomic E-state index is 11.6. The summed E-state index contributed by atoms with van der Waals surface area (Å²) >= 11 is 0. The second-order valence-electron chi connectivity index (χ2n) is 4.42. The number of carbonyl (C=O) groups excluding carboxylic acids is 1. The molecule has 0 spiro atoms. The van der Waals surface area contributed by atoms with Gasteiger partial charge in [-0.25, -0.2) is 4.98 Å². The zero-order valence-electron chi connectivity index (χ0n) is 11.4. The number of nitrogens with zero attached hydrogens (tertiary/aromatic N) is 2. The molecule has 5 heteroatoms. The van der Waals surface area contributed by atoms with E-state index in [1.165, 1.54) is 0 Å². The summed E-state index contributed by atoms with van der Waals surface area (Å²) in [5, 5.41) is 2.88. The number of imidazole rings is 1. The van der Waals surface area contributed by atoms with Crippen molar-refractivity contribution in [1.29, 1.82) is 0 Å². The summed E-state index contributed by atoms with van der Waals surface area (Å²) in [7, 11) is 0. The Morgan fingerprint density at radius 2 is 2.15 bits per heavy atom. The highest BCUT2D eigenvalue weighted by atomic mass is 16.5. The van der Waals surface area contributed by atoms with Gasteiger partial charge in [0.05, 0.1) is 19.4 Å². The largest absolute Gasteiger partial charge is 0.493 e. The van der Waals surface area contributed by atoms with Gasteiger partial charge in [-0.1, -0.05) is 18.2 Å². The van der Waals surface area contributed by atoms with Gasteiger partial charge in [0.15, 0.2) is 0 Å². The van der Waals surface area contributed by atoms with Crippen molar-refractivity contribution < 1.29 is 9.53 Å². The maximum atomic E-state index is 11.6. The summed E-state index contributed by atoms with van der Waals surface area (Å²) < 4.78 is 7.46. The number of rotatable bonds is 8. The number of benzene rings is 1. The maximum Gasteiger partial charge on any atom is 0.223 e. The normalized spacial score (nSPS) is 10.2. The fourth-order valence-electron chi connectivity index (χ4n) is 1.78. The van der Waals surface area contributed by atoms with Crippen LogP contribution < -0.4 is 10.1 Å². The minimum Gasteiger partial charge on any atom is -0.493 e. The van der Waals surface area contributed by atoms with Crippen LogP contribution >= 0.6 is 0 Å². The third-order valence-corrected chi connectivity index (χ3v) is 2.82. The van der Waals surface area contributed by atoms with E-state index in [0.29, 0.717) is 19.6 Å². The predicted octanol–water partition coefficient (Wildman–Crippen LogP) is 1.86. The Balaban J connectivity index is 1.52. The van der Waals surface area contributed by atoms with E-state index in [9.17, 15) is 4.79 Å². The van der Waals surface area contributed by atoms with Crippen molar-refractivity contribution in [3.63, 3.8) is 0 Å². The SMILES string of the molecule is O=C(CCOc1ccccc1)NCCCn1ccnc1. The minimum atomic E-state index is 0.0200. The van der Waals surface area contributed by atoms with E-state index in [1.807, 2.05) is 41.1 Å². The van der Waals surface area contributed by atoms with Crippen molar-refractivity contribution in [2.24, 2.45) is 0 Å². The lowest BCUT2D eigenvalue weighted by Crippen LogP contribution is -2.26. The summed E-state index contributed by atoms with van der Waals surface area (Å²) in [6.07, 6.45) is 6.70. The zero-order valence-corrected chi connectivity index (χ0v) is 11.4. The first kappa shape index (κ1) is 14.1. The molecule has 1 aromatic heterocycles. The van der Waals surface area contributed by atoms with Gasteiger partial charge in [-0.3, -0.25) is 4.79 Å². The number of ether oxygens (including phenoxy) is 1. The smallest absolute Gasteiger partial charge is 0.223 e. The Labute approximate surface area is 118 Å². The Bertz CT molecular complexity index is 497. The number of aromatic nitrogens is 2. The van der Waals surface area contributed by atoms with Crippen LogP contribution in [0.2, 0.25) is 0 Å². The molecule has 106 valence electrons. The highest BCUT2D eigenvalue weighted by Gasteiger charge is 2.01. The molecule has 0 saturated carbocycles. The fraction of sp³-hybridized carbons (Fsp3) is 0.333. The first-order chi connectivity index (χ1) is 9.84. The summed E-state index contributed by atoms with van der Waals surface area (Å²) in [6.45, 7) is 1.93. The highest BCUT2D eigenvalue weighted by molar-refractivity contribution is 5.75. The monoisotopic (exact) mass is 273 g/mol. The third-order valence-electron chi connectivity index (χ3n) is 2.82. The van der Waals surface area contributed by atoms with Crippen LogP contribution in [-0.4, -0.2) is 28.6 Å². The molecule has 0 saturated heterocycles. The third kappa shape index (κ3) is 5.14. The number of hydrogen-bond acceptors (Lipinski definition) is 3. The second kappa shape index (κ2) is 7.99. The molecule has 0 bridgehead atoms. The van der Waals surface area contributed by atoms with Gasteiger partial charge in [-0.2, -0.15) is 0 Å². The van der Waals surface area contributed by atoms with Crippen molar-refractivity contribution in [3.8, 4) is 5.75 Å². The quantitative estimate of drug-likeness (QED) is 0.747. The molecule has 0 aliphatic carbocycles. The molecule has 0 aliphatic rings. The van der Waals surface area contributed by atoms with E-state index in [1.54, 1.807) is 12.5 Å². The molecule has 0 atom stereocenters. The first-order valence-corrected chi connectivity index (χ1v) is 6.75. The van der Waals surface area contributed by atoms with Crippen LogP contribution in [0.1, 0.15) is 12.8 Å². The first-order valence-electron chi connectivity index (χ1n) is 6.75. The van der Waals surface area contributed by atoms with Gasteiger partial charge in [0.2, 0.25) is 5.91 Å². The number of carbonyl (C=O) groups is 1. The van der Waals surface area contributed by atoms with Crippen LogP contribution in [-0.2, 0) is 11.3 Å². The standard InChI is InChI=1S/C15H19N3O2/c19-15(7-12-20-14-5-2-1-3-6-14)17-8-4-10-18-11-9-16-13-18/h1-3,5-6,9,11,13H,4,7-8,10,12H2,(H,17,19). The number of aryl methyl sites for hydroxylation is 1. The molecule has 20 heavy (non-hydrogen) atoms. The van der Waals surface area contributed by atoms with Crippen molar-refractivity contribution in [3.05, 3.63) is 49.1 Å². The molecule has 2 rings (SSSR count). The lowest BCUT2D eigenvalue weighted by Gasteiger charge is -2.07. The average molecular weight is 273 g/mol. The lowest BCUT2D eigenvalue weighted by molar-refractivity contribution is -0.121. The van der Waals surface area contributed by atoms with Gasteiger partial charge in [-0.15, -0.1) is 0 Å². The van der Waals surface area contributed by atoms with Crippen molar-refractivity contribution in [2.45, 2.75) is 19.4 Å². The Morgan fingerprint density at radius 1 is 1.30 bits per heavy atom. The van der Waals surface area contributed by atoms with E-state index in [0.717, 1.165) is 18.7 Å². The van der Waals surface area contributed by atoms with Gasteiger partial charge in [0, 0.05) is 25.5 Å². The van der Waals surface area contributed by atoms with Crippen LogP contribution in [0.15, 0.2) is 49.1 Å². The molecular weight excluding hydrogens is 254 g/mol. The number of amides is 1. The molecule has 1 heterocycles. The molecule has 1 N–H and O–H groups in total. The van der Waals surface area contributed by atoms with Crippen molar-refractivity contribution in [1.82, 2.24) is 14.9 Å². The van der Waals surface area contributed by atoms with Crippen LogP contribution in [0.4, 0.5) is 0 Å². The molecule has 5 nitrogen and oxygen atoms in total. The molecule has 0 aliphatic heterocycles. The molecular formula is C15H19N3O2. The van der Waals surface area contributed by atoms with Crippen molar-refractivity contribution >= 4 is 5.91 Å². The topological polar surface area (TPSA) is 56.1 Å². The van der Waals surface area contributed by atoms with E-state index in [-0.39, 0.29) is 5.91 Å². The summed E-state index contributed by atoms with van der Waals surface area (Å²) in [4.78, 5) is 15.5. The predicted molar refractivity (Wildman–Crippen MR) is 76.4 cm³/mol. The van der Waals surface area contributed by atoms with Gasteiger partial charge < -0.3 is 14.6 Å². The highest BCUT2D eigenvalue weighted by Crippen LogP contribution is 2.08. The Morgan fingerprint density at radius 3 is 2.90 bits per heavy atom. The summed E-state index contributed by atoms with van der Waals surface area (Å²) in [6, 6.07) is 9.50. The minimum absolute atomic E-state index is 0.0200. The molecule has 0 fully saturated rings. The zero-order chi connectivity index (χ0) is 14.0. The molecule has 2 aromatic rings. The van der Waals surface area contributed by atoms with Crippen molar-refractivity contribution in [2.75, 3.05) is 13.2 Å².